The van der Waals surface area contributed by atoms with Crippen molar-refractivity contribution in [1.29, 1.82) is 10.5 Å². The topological polar surface area (TPSA) is 91.2 Å². The van der Waals surface area contributed by atoms with Crippen molar-refractivity contribution >= 4 is 21.8 Å². The number of alkyl halides is 6. The number of aromatic nitrogens is 4. The number of para-hydroxylation sites is 1. The molecule has 0 spiro atoms. The molecule has 10 rings (SSSR count). The molecule has 8 aromatic carbocycles. The Balaban J connectivity index is 1.32. The highest BCUT2D eigenvalue weighted by atomic mass is 19.4. The summed E-state index contributed by atoms with van der Waals surface area (Å²) in [5, 5.41) is 22.4. The molecular weight excluding hydrogens is 859 g/mol. The molecule has 2 heterocycles. The minimum atomic E-state index is -5.10. The fourth-order valence-corrected chi connectivity index (χ4v) is 8.57. The lowest BCUT2D eigenvalue weighted by Gasteiger charge is -2.22. The van der Waals surface area contributed by atoms with E-state index in [2.05, 4.69) is 12.1 Å². The highest BCUT2D eigenvalue weighted by Gasteiger charge is 2.38. The number of nitriles is 2. The standard InChI is InChI=1S/C55H30F6N6/c56-54(57,58)39-24-25-42(47(30-39)55(59,60)61)35-23-26-49-44(27-35)43-21-11-12-22-48(43)67(49)50-45(40-19-9-7-17-36(40)31-62)28-38(29-46(50)41-20-10-8-18-37(41)32-63)53-65-51(33-13-3-1-4-14-33)64-52(66-53)34-15-5-2-6-16-34/h1-30H. The third-order valence-electron chi connectivity index (χ3n) is 11.6. The van der Waals surface area contributed by atoms with E-state index < -0.39 is 29.0 Å². The van der Waals surface area contributed by atoms with Crippen molar-refractivity contribution in [2.24, 2.45) is 0 Å². The molecule has 6 nitrogen and oxygen atoms in total. The molecule has 0 unspecified atom stereocenters. The predicted molar refractivity (Wildman–Crippen MR) is 246 cm³/mol. The molecule has 0 aliphatic carbocycles. The second-order valence-electron chi connectivity index (χ2n) is 15.6. The third-order valence-corrected chi connectivity index (χ3v) is 11.6. The smallest absolute Gasteiger partial charge is 0.308 e. The molecule has 0 aliphatic heterocycles. The third kappa shape index (κ3) is 7.70. The molecule has 67 heavy (non-hydrogen) atoms. The molecule has 0 saturated carbocycles. The molecule has 0 atom stereocenters. The van der Waals surface area contributed by atoms with E-state index in [0.717, 1.165) is 17.2 Å². The van der Waals surface area contributed by atoms with Crippen LogP contribution in [-0.4, -0.2) is 19.5 Å². The highest BCUT2D eigenvalue weighted by molar-refractivity contribution is 6.12. The number of fused-ring (bicyclic) bond motifs is 3. The van der Waals surface area contributed by atoms with Crippen molar-refractivity contribution in [3.8, 4) is 85.4 Å². The van der Waals surface area contributed by atoms with Gasteiger partial charge in [-0.2, -0.15) is 36.9 Å². The van der Waals surface area contributed by atoms with Crippen LogP contribution >= 0.6 is 0 Å². The summed E-state index contributed by atoms with van der Waals surface area (Å²) in [6.45, 7) is 0. The molecule has 0 fully saturated rings. The first kappa shape index (κ1) is 42.1. The van der Waals surface area contributed by atoms with Crippen molar-refractivity contribution < 1.29 is 26.3 Å². The number of benzene rings is 8. The zero-order valence-corrected chi connectivity index (χ0v) is 34.8. The Morgan fingerprint density at radius 3 is 1.42 bits per heavy atom. The van der Waals surface area contributed by atoms with Crippen molar-refractivity contribution in [3.63, 3.8) is 0 Å². The van der Waals surface area contributed by atoms with Crippen LogP contribution in [0.4, 0.5) is 26.3 Å². The van der Waals surface area contributed by atoms with Gasteiger partial charge in [0.2, 0.25) is 0 Å². The maximum atomic E-state index is 14.6. The Morgan fingerprint density at radius 1 is 0.388 bits per heavy atom. The molecule has 0 saturated heterocycles. The summed E-state index contributed by atoms with van der Waals surface area (Å²) in [7, 11) is 0. The fraction of sp³-hybridized carbons (Fsp3) is 0.0364. The van der Waals surface area contributed by atoms with Gasteiger partial charge in [-0.1, -0.05) is 127 Å². The van der Waals surface area contributed by atoms with Crippen molar-refractivity contribution in [2.75, 3.05) is 0 Å². The van der Waals surface area contributed by atoms with E-state index in [1.165, 1.54) is 6.07 Å². The van der Waals surface area contributed by atoms with Crippen molar-refractivity contribution in [3.05, 3.63) is 204 Å². The van der Waals surface area contributed by atoms with Crippen LogP contribution in [0.3, 0.4) is 0 Å². The lowest BCUT2D eigenvalue weighted by atomic mass is 9.89. The van der Waals surface area contributed by atoms with Gasteiger partial charge in [-0.3, -0.25) is 0 Å². The van der Waals surface area contributed by atoms with Crippen LogP contribution in [0, 0.1) is 22.7 Å². The van der Waals surface area contributed by atoms with E-state index >= 15 is 0 Å². The van der Waals surface area contributed by atoms with E-state index in [1.54, 1.807) is 54.6 Å². The Hall–Kier alpha value is -8.87. The summed E-state index contributed by atoms with van der Waals surface area (Å²) in [5.74, 6) is 1.12. The number of hydrogen-bond donors (Lipinski definition) is 0. The maximum Gasteiger partial charge on any atom is 0.417 e. The Morgan fingerprint density at radius 2 is 0.881 bits per heavy atom. The zero-order valence-electron chi connectivity index (χ0n) is 34.8. The van der Waals surface area contributed by atoms with Gasteiger partial charge in [0.25, 0.3) is 0 Å². The first-order valence-electron chi connectivity index (χ1n) is 20.8. The lowest BCUT2D eigenvalue weighted by Crippen LogP contribution is -2.12. The van der Waals surface area contributed by atoms with Crippen LogP contribution in [0.2, 0.25) is 0 Å². The normalized spacial score (nSPS) is 11.7. The van der Waals surface area contributed by atoms with Gasteiger partial charge in [-0.05, 0) is 65.7 Å². The molecule has 0 radical (unpaired) electrons. The Kier molecular flexibility index (Phi) is 10.4. The maximum absolute atomic E-state index is 14.6. The first-order valence-corrected chi connectivity index (χ1v) is 20.8. The second kappa shape index (κ2) is 16.6. The van der Waals surface area contributed by atoms with E-state index in [1.807, 2.05) is 108 Å². The van der Waals surface area contributed by atoms with E-state index in [4.69, 9.17) is 15.0 Å². The van der Waals surface area contributed by atoms with Gasteiger partial charge in [0.05, 0.1) is 51.1 Å². The summed E-state index contributed by atoms with van der Waals surface area (Å²) < 4.78 is 86.8. The summed E-state index contributed by atoms with van der Waals surface area (Å²) in [4.78, 5) is 14.9. The van der Waals surface area contributed by atoms with Crippen LogP contribution in [0.1, 0.15) is 22.3 Å². The summed E-state index contributed by atoms with van der Waals surface area (Å²) >= 11 is 0. The quantitative estimate of drug-likeness (QED) is 0.149. The van der Waals surface area contributed by atoms with E-state index in [-0.39, 0.29) is 11.6 Å². The molecule has 0 N–H and O–H groups in total. The van der Waals surface area contributed by atoms with Gasteiger partial charge in [0, 0.05) is 49.7 Å². The summed E-state index contributed by atoms with van der Waals surface area (Å²) in [5.41, 5.74) is 3.28. The number of halogens is 6. The first-order chi connectivity index (χ1) is 32.4. The molecule has 2 aromatic heterocycles. The molecule has 0 aliphatic rings. The minimum absolute atomic E-state index is 0.0511. The highest BCUT2D eigenvalue weighted by Crippen LogP contribution is 2.47. The summed E-state index contributed by atoms with van der Waals surface area (Å²) in [6, 6.07) is 55.0. The monoisotopic (exact) mass is 888 g/mol. The van der Waals surface area contributed by atoms with Gasteiger partial charge < -0.3 is 4.57 Å². The average Bonchev–Trinajstić information content (AvgIpc) is 3.68. The second-order valence-corrected chi connectivity index (χ2v) is 15.6. The van der Waals surface area contributed by atoms with Crippen LogP contribution in [0.5, 0.6) is 0 Å². The number of hydrogen-bond acceptors (Lipinski definition) is 5. The molecule has 10 aromatic rings. The van der Waals surface area contributed by atoms with Gasteiger partial charge in [-0.25, -0.2) is 15.0 Å². The minimum Gasteiger partial charge on any atom is -0.308 e. The van der Waals surface area contributed by atoms with Gasteiger partial charge >= 0.3 is 12.4 Å². The van der Waals surface area contributed by atoms with Crippen molar-refractivity contribution in [1.82, 2.24) is 19.5 Å². The van der Waals surface area contributed by atoms with E-state index in [0.29, 0.717) is 90.0 Å². The molecule has 322 valence electrons. The van der Waals surface area contributed by atoms with Gasteiger partial charge in [0.15, 0.2) is 17.5 Å². The predicted octanol–water partition coefficient (Wildman–Crippen LogP) is 14.8. The largest absolute Gasteiger partial charge is 0.417 e. The van der Waals surface area contributed by atoms with E-state index in [9.17, 15) is 36.9 Å². The SMILES string of the molecule is N#Cc1ccccc1-c1cc(-c2nc(-c3ccccc3)nc(-c3ccccc3)n2)cc(-c2ccccc2C#N)c1-n1c2ccccc2c2cc(-c3ccc(C(F)(F)F)cc3C(F)(F)F)ccc21. The van der Waals surface area contributed by atoms with Crippen LogP contribution in [-0.2, 0) is 12.4 Å². The molecule has 0 bridgehead atoms. The van der Waals surface area contributed by atoms with Crippen LogP contribution in [0.15, 0.2) is 182 Å². The fourth-order valence-electron chi connectivity index (χ4n) is 8.57. The van der Waals surface area contributed by atoms with Crippen LogP contribution < -0.4 is 0 Å². The van der Waals surface area contributed by atoms with Crippen molar-refractivity contribution in [2.45, 2.75) is 12.4 Å². The zero-order chi connectivity index (χ0) is 46.5. The molecular formula is C55H30F6N6. The average molecular weight is 889 g/mol. The molecule has 12 heteroatoms. The van der Waals surface area contributed by atoms with Crippen LogP contribution in [0.25, 0.3) is 95.0 Å². The Labute approximate surface area is 379 Å². The lowest BCUT2D eigenvalue weighted by molar-refractivity contribution is -0.142. The van der Waals surface area contributed by atoms with Gasteiger partial charge in [0.1, 0.15) is 0 Å². The van der Waals surface area contributed by atoms with Gasteiger partial charge in [-0.15, -0.1) is 0 Å². The number of nitrogens with zero attached hydrogens (tertiary/aromatic N) is 6. The Bertz CT molecular complexity index is 3500. The number of rotatable bonds is 7. The molecule has 0 amide bonds. The summed E-state index contributed by atoms with van der Waals surface area (Å²) in [6.07, 6.45) is -10.1.